The van der Waals surface area contributed by atoms with Gasteiger partial charge in [-0.05, 0) is 43.5 Å². The fraction of sp³-hybridized carbons (Fsp3) is 0.474. The van der Waals surface area contributed by atoms with Crippen LogP contribution in [-0.2, 0) is 0 Å². The lowest BCUT2D eigenvalue weighted by molar-refractivity contribution is 0.134. The molecule has 0 aromatic carbocycles. The van der Waals surface area contributed by atoms with Crippen LogP contribution in [0, 0.1) is 5.92 Å². The van der Waals surface area contributed by atoms with Gasteiger partial charge in [0.25, 0.3) is 12.9 Å². The highest BCUT2D eigenvalue weighted by Gasteiger charge is 2.24. The zero-order valence-corrected chi connectivity index (χ0v) is 15.4. The van der Waals surface area contributed by atoms with Crippen molar-refractivity contribution in [3.8, 4) is 17.0 Å². The molecule has 0 saturated heterocycles. The Hall–Kier alpha value is -2.22. The maximum atomic E-state index is 13.5. The SMILES string of the molecule is CC(C)CC(C)(N)COc1ccc(-c2ccnc(C(F)F)c2)nc1C(F)F. The van der Waals surface area contributed by atoms with Crippen molar-refractivity contribution in [3.63, 3.8) is 0 Å². The van der Waals surface area contributed by atoms with Crippen LogP contribution in [0.15, 0.2) is 30.5 Å². The maximum Gasteiger partial charge on any atom is 0.284 e. The third-order valence-electron chi connectivity index (χ3n) is 3.83. The molecule has 0 radical (unpaired) electrons. The van der Waals surface area contributed by atoms with E-state index in [1.165, 1.54) is 24.4 Å². The van der Waals surface area contributed by atoms with Crippen LogP contribution in [0.1, 0.15) is 51.4 Å². The molecule has 0 aliphatic heterocycles. The van der Waals surface area contributed by atoms with E-state index in [0.29, 0.717) is 12.3 Å². The first-order chi connectivity index (χ1) is 12.6. The van der Waals surface area contributed by atoms with Gasteiger partial charge < -0.3 is 10.5 Å². The number of nitrogens with zero attached hydrogens (tertiary/aromatic N) is 2. The van der Waals surface area contributed by atoms with Gasteiger partial charge in [-0.15, -0.1) is 0 Å². The lowest BCUT2D eigenvalue weighted by Crippen LogP contribution is -2.43. The van der Waals surface area contributed by atoms with Gasteiger partial charge in [-0.1, -0.05) is 13.8 Å². The summed E-state index contributed by atoms with van der Waals surface area (Å²) in [4.78, 5) is 7.47. The minimum Gasteiger partial charge on any atom is -0.490 e. The largest absolute Gasteiger partial charge is 0.490 e. The Morgan fingerprint density at radius 3 is 2.41 bits per heavy atom. The zero-order chi connectivity index (χ0) is 20.2. The smallest absolute Gasteiger partial charge is 0.284 e. The van der Waals surface area contributed by atoms with Crippen LogP contribution >= 0.6 is 0 Å². The van der Waals surface area contributed by atoms with Gasteiger partial charge in [0.05, 0.1) is 5.69 Å². The topological polar surface area (TPSA) is 61.0 Å². The average molecular weight is 385 g/mol. The van der Waals surface area contributed by atoms with E-state index in [1.54, 1.807) is 6.92 Å². The molecule has 0 aliphatic rings. The normalized spacial score (nSPS) is 14.0. The molecule has 0 fully saturated rings. The van der Waals surface area contributed by atoms with E-state index in [-0.39, 0.29) is 23.6 Å². The first kappa shape index (κ1) is 21.1. The molecule has 0 aliphatic carbocycles. The van der Waals surface area contributed by atoms with Gasteiger partial charge in [-0.2, -0.15) is 0 Å². The quantitative estimate of drug-likeness (QED) is 0.638. The van der Waals surface area contributed by atoms with Crippen LogP contribution in [0.2, 0.25) is 0 Å². The van der Waals surface area contributed by atoms with Gasteiger partial charge in [0, 0.05) is 17.3 Å². The van der Waals surface area contributed by atoms with Gasteiger partial charge in [0.15, 0.2) is 0 Å². The maximum absolute atomic E-state index is 13.5. The minimum absolute atomic E-state index is 0.0523. The van der Waals surface area contributed by atoms with Crippen molar-refractivity contribution >= 4 is 0 Å². The molecule has 2 N–H and O–H groups in total. The summed E-state index contributed by atoms with van der Waals surface area (Å²) in [6.07, 6.45) is -3.79. The van der Waals surface area contributed by atoms with E-state index >= 15 is 0 Å². The molecule has 148 valence electrons. The third-order valence-corrected chi connectivity index (χ3v) is 3.83. The Morgan fingerprint density at radius 1 is 1.11 bits per heavy atom. The number of rotatable bonds is 8. The molecule has 27 heavy (non-hydrogen) atoms. The zero-order valence-electron chi connectivity index (χ0n) is 15.4. The second kappa shape index (κ2) is 8.65. The van der Waals surface area contributed by atoms with Crippen molar-refractivity contribution in [2.45, 2.75) is 45.6 Å². The molecule has 1 unspecified atom stereocenters. The van der Waals surface area contributed by atoms with E-state index in [9.17, 15) is 17.6 Å². The fourth-order valence-electron chi connectivity index (χ4n) is 2.86. The second-order valence-corrected chi connectivity index (χ2v) is 7.19. The van der Waals surface area contributed by atoms with Crippen molar-refractivity contribution in [1.29, 1.82) is 0 Å². The van der Waals surface area contributed by atoms with Gasteiger partial charge in [-0.25, -0.2) is 22.5 Å². The molecule has 0 saturated carbocycles. The predicted molar refractivity (Wildman–Crippen MR) is 94.9 cm³/mol. The molecule has 2 heterocycles. The van der Waals surface area contributed by atoms with Crippen LogP contribution in [0.25, 0.3) is 11.3 Å². The highest BCUT2D eigenvalue weighted by Crippen LogP contribution is 2.32. The lowest BCUT2D eigenvalue weighted by atomic mass is 9.93. The molecule has 0 bridgehead atoms. The monoisotopic (exact) mass is 385 g/mol. The summed E-state index contributed by atoms with van der Waals surface area (Å²) in [6.45, 7) is 5.86. The van der Waals surface area contributed by atoms with E-state index in [0.717, 1.165) is 6.07 Å². The Balaban J connectivity index is 2.28. The summed E-state index contributed by atoms with van der Waals surface area (Å²) in [6, 6.07) is 5.37. The number of hydrogen-bond donors (Lipinski definition) is 1. The Morgan fingerprint density at radius 2 is 1.81 bits per heavy atom. The molecule has 1 atom stereocenters. The standard InChI is InChI=1S/C19H23F4N3O/c1-11(2)9-19(3,24)10-27-15-5-4-13(26-16(15)18(22)23)12-6-7-25-14(8-12)17(20)21/h4-8,11,17-18H,9-10,24H2,1-3H3. The second-order valence-electron chi connectivity index (χ2n) is 7.19. The van der Waals surface area contributed by atoms with E-state index in [2.05, 4.69) is 9.97 Å². The van der Waals surface area contributed by atoms with Crippen LogP contribution in [0.4, 0.5) is 17.6 Å². The van der Waals surface area contributed by atoms with Crippen LogP contribution in [-0.4, -0.2) is 22.1 Å². The van der Waals surface area contributed by atoms with Gasteiger partial charge in [-0.3, -0.25) is 4.98 Å². The molecule has 8 heteroatoms. The van der Waals surface area contributed by atoms with Crippen molar-refractivity contribution < 1.29 is 22.3 Å². The van der Waals surface area contributed by atoms with Crippen molar-refractivity contribution in [2.75, 3.05) is 6.61 Å². The third kappa shape index (κ3) is 5.89. The highest BCUT2D eigenvalue weighted by molar-refractivity contribution is 5.60. The molecular formula is C19H23F4N3O. The molecule has 2 aromatic heterocycles. The van der Waals surface area contributed by atoms with Gasteiger partial charge in [0.2, 0.25) is 0 Å². The van der Waals surface area contributed by atoms with Crippen LogP contribution in [0.5, 0.6) is 5.75 Å². The molecule has 2 aromatic rings. The molecular weight excluding hydrogens is 362 g/mol. The first-order valence-electron chi connectivity index (χ1n) is 8.54. The summed E-state index contributed by atoms with van der Waals surface area (Å²) < 4.78 is 58.0. The van der Waals surface area contributed by atoms with Gasteiger partial charge >= 0.3 is 0 Å². The number of aromatic nitrogens is 2. The van der Waals surface area contributed by atoms with Crippen molar-refractivity contribution in [1.82, 2.24) is 9.97 Å². The highest BCUT2D eigenvalue weighted by atomic mass is 19.3. The minimum atomic E-state index is -2.88. The molecule has 0 amide bonds. The summed E-state index contributed by atoms with van der Waals surface area (Å²) in [5, 5.41) is 0. The first-order valence-corrected chi connectivity index (χ1v) is 8.54. The molecule has 4 nitrogen and oxygen atoms in total. The Bertz CT molecular complexity index is 766. The number of ether oxygens (including phenoxy) is 1. The summed E-state index contributed by atoms with van der Waals surface area (Å²) in [5.41, 5.74) is 4.89. The van der Waals surface area contributed by atoms with Crippen molar-refractivity contribution in [3.05, 3.63) is 41.9 Å². The summed E-state index contributed by atoms with van der Waals surface area (Å²) in [5.74, 6) is 0.256. The predicted octanol–water partition coefficient (Wildman–Crippen LogP) is 5.16. The fourth-order valence-corrected chi connectivity index (χ4v) is 2.86. The molecule has 2 rings (SSSR count). The number of halogens is 4. The Kier molecular flexibility index (Phi) is 6.75. The average Bonchev–Trinajstić information content (AvgIpc) is 2.58. The van der Waals surface area contributed by atoms with Crippen molar-refractivity contribution in [2.24, 2.45) is 11.7 Å². The summed E-state index contributed by atoms with van der Waals surface area (Å²) >= 11 is 0. The summed E-state index contributed by atoms with van der Waals surface area (Å²) in [7, 11) is 0. The number of alkyl halides is 4. The number of hydrogen-bond acceptors (Lipinski definition) is 4. The van der Waals surface area contributed by atoms with Gasteiger partial charge in [0.1, 0.15) is 23.7 Å². The Labute approximate surface area is 155 Å². The van der Waals surface area contributed by atoms with E-state index in [4.69, 9.17) is 10.5 Å². The number of pyridine rings is 2. The van der Waals surface area contributed by atoms with E-state index < -0.39 is 29.8 Å². The molecule has 0 spiro atoms. The number of nitrogens with two attached hydrogens (primary N) is 1. The van der Waals surface area contributed by atoms with Crippen LogP contribution in [0.3, 0.4) is 0 Å². The van der Waals surface area contributed by atoms with E-state index in [1.807, 2.05) is 13.8 Å². The lowest BCUT2D eigenvalue weighted by Gasteiger charge is -2.27. The van der Waals surface area contributed by atoms with Crippen LogP contribution < -0.4 is 10.5 Å².